The van der Waals surface area contributed by atoms with E-state index in [2.05, 4.69) is 41.4 Å². The van der Waals surface area contributed by atoms with Gasteiger partial charge in [0.15, 0.2) is 5.82 Å². The van der Waals surface area contributed by atoms with Gasteiger partial charge >= 0.3 is 0 Å². The van der Waals surface area contributed by atoms with Crippen LogP contribution in [0.2, 0.25) is 0 Å². The van der Waals surface area contributed by atoms with Crippen LogP contribution in [0, 0.1) is 17.3 Å². The molecule has 5 aliphatic rings. The molecule has 2 spiro atoms. The van der Waals surface area contributed by atoms with Gasteiger partial charge in [0.2, 0.25) is 0 Å². The number of benzene rings is 1. The molecule has 5 N–H and O–H groups in total. The van der Waals surface area contributed by atoms with Crippen molar-refractivity contribution in [2.24, 2.45) is 17.3 Å². The van der Waals surface area contributed by atoms with Crippen LogP contribution in [0.4, 0.5) is 5.82 Å². The number of alkyl halides is 1. The van der Waals surface area contributed by atoms with Crippen LogP contribution in [0.3, 0.4) is 0 Å². The zero-order valence-corrected chi connectivity index (χ0v) is 22.1. The number of nitrogen functional groups attached to an aromatic ring is 1. The van der Waals surface area contributed by atoms with Gasteiger partial charge in [-0.05, 0) is 87.7 Å². The summed E-state index contributed by atoms with van der Waals surface area (Å²) in [6.45, 7) is 2.40. The molecular formula is C28H37ClN4O3. The normalized spacial score (nSPS) is 47.5. The Morgan fingerprint density at radius 3 is 2.72 bits per heavy atom. The summed E-state index contributed by atoms with van der Waals surface area (Å²) in [6.07, 6.45) is 6.76. The van der Waals surface area contributed by atoms with E-state index in [1.807, 2.05) is 19.0 Å². The number of nitrogens with one attached hydrogen (secondary N) is 1. The number of halogens is 1. The third-order valence-electron chi connectivity index (χ3n) is 11.1. The van der Waals surface area contributed by atoms with Gasteiger partial charge in [0.25, 0.3) is 0 Å². The van der Waals surface area contributed by atoms with E-state index in [4.69, 9.17) is 22.1 Å². The lowest BCUT2D eigenvalue weighted by atomic mass is 9.52. The number of ether oxygens (including phenoxy) is 1. The van der Waals surface area contributed by atoms with E-state index >= 15 is 0 Å². The highest BCUT2D eigenvalue weighted by molar-refractivity contribution is 6.25. The van der Waals surface area contributed by atoms with Crippen molar-refractivity contribution in [3.05, 3.63) is 29.8 Å². The minimum Gasteiger partial charge on any atom is -0.390 e. The number of fused-ring (bicyclic) bond motifs is 2. The average Bonchev–Trinajstić information content (AvgIpc) is 3.50. The van der Waals surface area contributed by atoms with Crippen LogP contribution in [0.5, 0.6) is 0 Å². The monoisotopic (exact) mass is 512 g/mol. The van der Waals surface area contributed by atoms with E-state index in [9.17, 15) is 10.2 Å². The zero-order chi connectivity index (χ0) is 25.3. The van der Waals surface area contributed by atoms with Gasteiger partial charge in [-0.3, -0.25) is 5.10 Å². The zero-order valence-electron chi connectivity index (χ0n) is 21.3. The molecule has 9 unspecified atom stereocenters. The third-order valence-corrected chi connectivity index (χ3v) is 11.8. The van der Waals surface area contributed by atoms with E-state index in [1.165, 1.54) is 11.1 Å². The van der Waals surface area contributed by atoms with Crippen LogP contribution in [0.1, 0.15) is 57.4 Å². The maximum Gasteiger partial charge on any atom is 0.153 e. The molecule has 36 heavy (non-hydrogen) atoms. The number of nitrogens with two attached hydrogens (primary N) is 1. The number of H-pyrrole nitrogens is 1. The van der Waals surface area contributed by atoms with Crippen molar-refractivity contribution < 1.29 is 14.9 Å². The summed E-state index contributed by atoms with van der Waals surface area (Å²) in [5.41, 5.74) is 8.72. The van der Waals surface area contributed by atoms with Gasteiger partial charge in [-0.15, -0.1) is 11.6 Å². The number of aromatic amines is 1. The number of likely N-dealkylation sites (N-methyl/N-ethyl adjacent to an activating group) is 1. The number of allylic oxidation sites excluding steroid dienone is 2. The van der Waals surface area contributed by atoms with Gasteiger partial charge in [0, 0.05) is 23.3 Å². The standard InChI is InChI=1S/C28H37ClN4O3/c1-25-8-10-27(29)13-18-22(34)23(35)20(33(2)3)14-26(18)9-11-28(27,36-26)21(25)7-5-17(25)15-4-6-19-16(12-15)24(30)32-31-19/h4-6,12,18,20-23,34-35H,7-11,13-14H2,1-3H3,(H3,30,31,32). The second-order valence-electron chi connectivity index (χ2n) is 12.7. The molecule has 1 aromatic heterocycles. The molecule has 4 fully saturated rings. The van der Waals surface area contributed by atoms with Gasteiger partial charge in [-0.2, -0.15) is 5.10 Å². The molecule has 2 bridgehead atoms. The van der Waals surface area contributed by atoms with Crippen LogP contribution in [-0.4, -0.2) is 73.7 Å². The maximum absolute atomic E-state index is 11.3. The minimum atomic E-state index is -0.824. The molecular weight excluding hydrogens is 476 g/mol. The lowest BCUT2D eigenvalue weighted by Crippen LogP contribution is -2.72. The molecule has 0 radical (unpaired) electrons. The SMILES string of the molecule is CN(C)C1CC23CCC4(O2)C2CC=C(c5ccc6[nH]nc(N)c6c5)C2(C)CCC4(Cl)CC3C(O)C1O. The van der Waals surface area contributed by atoms with E-state index in [1.54, 1.807) is 0 Å². The van der Waals surface area contributed by atoms with E-state index in [-0.39, 0.29) is 23.3 Å². The summed E-state index contributed by atoms with van der Waals surface area (Å²) in [5.74, 6) is 0.661. The fourth-order valence-electron chi connectivity index (χ4n) is 9.21. The maximum atomic E-state index is 11.3. The first-order valence-corrected chi connectivity index (χ1v) is 13.8. The number of aliphatic hydroxyl groups excluding tert-OH is 2. The fourth-order valence-corrected chi connectivity index (χ4v) is 9.74. The fraction of sp³-hybridized carbons (Fsp3) is 0.679. The first kappa shape index (κ1) is 23.5. The molecule has 3 heterocycles. The summed E-state index contributed by atoms with van der Waals surface area (Å²) in [7, 11) is 3.96. The first-order valence-electron chi connectivity index (χ1n) is 13.4. The molecule has 2 aromatic rings. The lowest BCUT2D eigenvalue weighted by Gasteiger charge is -2.65. The summed E-state index contributed by atoms with van der Waals surface area (Å²) >= 11 is 7.62. The van der Waals surface area contributed by atoms with Crippen LogP contribution in [0.25, 0.3) is 16.5 Å². The van der Waals surface area contributed by atoms with E-state index in [0.717, 1.165) is 49.4 Å². The Balaban J connectivity index is 1.28. The summed E-state index contributed by atoms with van der Waals surface area (Å²) in [5, 5.41) is 30.4. The molecule has 9 atom stereocenters. The predicted octanol–water partition coefficient (Wildman–Crippen LogP) is 3.69. The molecule has 0 amide bonds. The summed E-state index contributed by atoms with van der Waals surface area (Å²) in [4.78, 5) is 1.50. The van der Waals surface area contributed by atoms with Crippen molar-refractivity contribution in [1.29, 1.82) is 0 Å². The van der Waals surface area contributed by atoms with E-state index in [0.29, 0.717) is 12.2 Å². The second kappa shape index (κ2) is 7.26. The Bertz CT molecular complexity index is 1280. The molecule has 7 rings (SSSR count). The highest BCUT2D eigenvalue weighted by Gasteiger charge is 2.76. The molecule has 2 aliphatic heterocycles. The number of rotatable bonds is 2. The van der Waals surface area contributed by atoms with Crippen molar-refractivity contribution in [3.63, 3.8) is 0 Å². The van der Waals surface area contributed by atoms with Crippen molar-refractivity contribution in [2.45, 2.75) is 86.2 Å². The topological polar surface area (TPSA) is 108 Å². The number of anilines is 1. The quantitative estimate of drug-likeness (QED) is 0.457. The highest BCUT2D eigenvalue weighted by Crippen LogP contribution is 2.73. The van der Waals surface area contributed by atoms with Crippen LogP contribution in [-0.2, 0) is 4.74 Å². The predicted molar refractivity (Wildman–Crippen MR) is 141 cm³/mol. The van der Waals surface area contributed by atoms with Gasteiger partial charge in [0.05, 0.1) is 33.8 Å². The van der Waals surface area contributed by atoms with Crippen LogP contribution < -0.4 is 5.73 Å². The Labute approximate surface area is 217 Å². The molecule has 3 aliphatic carbocycles. The lowest BCUT2D eigenvalue weighted by molar-refractivity contribution is -0.276. The molecule has 1 aromatic carbocycles. The summed E-state index contributed by atoms with van der Waals surface area (Å²) in [6, 6.07) is 6.28. The average molecular weight is 513 g/mol. The van der Waals surface area contributed by atoms with Crippen LogP contribution in [0.15, 0.2) is 24.3 Å². The Morgan fingerprint density at radius 1 is 1.14 bits per heavy atom. The Morgan fingerprint density at radius 2 is 1.94 bits per heavy atom. The molecule has 2 saturated carbocycles. The number of nitrogens with zero attached hydrogens (tertiary/aromatic N) is 2. The van der Waals surface area contributed by atoms with E-state index < -0.39 is 28.3 Å². The van der Waals surface area contributed by atoms with Gasteiger partial charge in [-0.25, -0.2) is 0 Å². The van der Waals surface area contributed by atoms with Gasteiger partial charge in [0.1, 0.15) is 0 Å². The van der Waals surface area contributed by atoms with Crippen LogP contribution >= 0.6 is 11.6 Å². The van der Waals surface area contributed by atoms with Gasteiger partial charge in [-0.1, -0.05) is 19.1 Å². The molecule has 8 heteroatoms. The third kappa shape index (κ3) is 2.71. The van der Waals surface area contributed by atoms with Crippen molar-refractivity contribution >= 4 is 33.9 Å². The number of hydrogen-bond acceptors (Lipinski definition) is 6. The Kier molecular flexibility index (Phi) is 4.74. The summed E-state index contributed by atoms with van der Waals surface area (Å²) < 4.78 is 7.32. The number of hydrogen-bond donors (Lipinski definition) is 4. The minimum absolute atomic E-state index is 0.0589. The van der Waals surface area contributed by atoms with Crippen molar-refractivity contribution in [3.8, 4) is 0 Å². The molecule has 7 nitrogen and oxygen atoms in total. The van der Waals surface area contributed by atoms with Crippen molar-refractivity contribution in [2.75, 3.05) is 19.8 Å². The van der Waals surface area contributed by atoms with Crippen molar-refractivity contribution in [1.82, 2.24) is 15.1 Å². The molecule has 194 valence electrons. The molecule has 2 saturated heterocycles. The number of aliphatic hydroxyl groups is 2. The highest BCUT2D eigenvalue weighted by atomic mass is 35.5. The smallest absolute Gasteiger partial charge is 0.153 e. The second-order valence-corrected chi connectivity index (χ2v) is 13.5. The van der Waals surface area contributed by atoms with Gasteiger partial charge < -0.3 is 25.6 Å². The Hall–Kier alpha value is -1.64. The first-order chi connectivity index (χ1) is 17.0. The largest absolute Gasteiger partial charge is 0.390 e. The number of aromatic nitrogens is 2.